The van der Waals surface area contributed by atoms with E-state index in [0.29, 0.717) is 19.1 Å². The maximum absolute atomic E-state index is 12.0. The maximum Gasteiger partial charge on any atom is 0.211 e. The highest BCUT2D eigenvalue weighted by Crippen LogP contribution is 2.38. The van der Waals surface area contributed by atoms with E-state index in [1.165, 1.54) is 5.56 Å². The van der Waals surface area contributed by atoms with E-state index in [1.807, 2.05) is 31.3 Å². The molecule has 4 rings (SSSR count). The zero-order valence-corrected chi connectivity index (χ0v) is 18.2. The Morgan fingerprint density at radius 1 is 1.13 bits per heavy atom. The average Bonchev–Trinajstić information content (AvgIpc) is 3.55. The Balaban J connectivity index is 1.41. The molecule has 0 saturated heterocycles. The van der Waals surface area contributed by atoms with Crippen LogP contribution in [0.15, 0.2) is 48.5 Å². The fourth-order valence-electron chi connectivity index (χ4n) is 3.97. The number of fused-ring (bicyclic) bond motifs is 1. The molecular formula is C23H30N2O4S. The lowest BCUT2D eigenvalue weighted by atomic mass is 9.84. The van der Waals surface area contributed by atoms with E-state index in [9.17, 15) is 8.42 Å². The van der Waals surface area contributed by atoms with E-state index in [2.05, 4.69) is 34.3 Å². The smallest absolute Gasteiger partial charge is 0.211 e. The molecule has 2 aliphatic rings. The van der Waals surface area contributed by atoms with Crippen LogP contribution in [0, 0.1) is 5.92 Å². The molecule has 0 radical (unpaired) electrons. The lowest BCUT2D eigenvalue weighted by Gasteiger charge is -2.34. The SMILES string of the molecule is CNC1COc2ccc(OCCNS(=O)(=O)CC3CC3)cc2C1Cc1ccccc1. The molecule has 1 saturated carbocycles. The molecule has 1 aliphatic heterocycles. The summed E-state index contributed by atoms with van der Waals surface area (Å²) in [7, 11) is -1.24. The van der Waals surface area contributed by atoms with Crippen LogP contribution in [0.3, 0.4) is 0 Å². The van der Waals surface area contributed by atoms with Gasteiger partial charge in [0.05, 0.1) is 5.75 Å². The van der Waals surface area contributed by atoms with Gasteiger partial charge in [-0.2, -0.15) is 0 Å². The number of likely N-dealkylation sites (N-methyl/N-ethyl adjacent to an activating group) is 1. The molecule has 7 heteroatoms. The maximum atomic E-state index is 12.0. The average molecular weight is 431 g/mol. The van der Waals surface area contributed by atoms with Gasteiger partial charge < -0.3 is 14.8 Å². The number of rotatable bonds is 10. The lowest BCUT2D eigenvalue weighted by Crippen LogP contribution is -2.41. The van der Waals surface area contributed by atoms with E-state index >= 15 is 0 Å². The van der Waals surface area contributed by atoms with Gasteiger partial charge in [0.25, 0.3) is 0 Å². The highest BCUT2D eigenvalue weighted by atomic mass is 32.2. The Hall–Kier alpha value is -2.09. The first-order valence-corrected chi connectivity index (χ1v) is 12.3. The second-order valence-electron chi connectivity index (χ2n) is 8.17. The van der Waals surface area contributed by atoms with E-state index in [-0.39, 0.29) is 24.3 Å². The topological polar surface area (TPSA) is 76.7 Å². The van der Waals surface area contributed by atoms with Gasteiger partial charge in [0.15, 0.2) is 0 Å². The fourth-order valence-corrected chi connectivity index (χ4v) is 5.44. The molecule has 2 aromatic rings. The first kappa shape index (κ1) is 21.2. The molecule has 1 aliphatic carbocycles. The van der Waals surface area contributed by atoms with Crippen LogP contribution in [-0.2, 0) is 16.4 Å². The van der Waals surface area contributed by atoms with Crippen LogP contribution >= 0.6 is 0 Å². The number of benzene rings is 2. The zero-order chi connectivity index (χ0) is 21.0. The Labute approximate surface area is 179 Å². The van der Waals surface area contributed by atoms with Gasteiger partial charge in [0, 0.05) is 24.1 Å². The van der Waals surface area contributed by atoms with Gasteiger partial charge in [-0.1, -0.05) is 30.3 Å². The van der Waals surface area contributed by atoms with Crippen molar-refractivity contribution < 1.29 is 17.9 Å². The van der Waals surface area contributed by atoms with E-state index in [1.54, 1.807) is 0 Å². The largest absolute Gasteiger partial charge is 0.492 e. The molecule has 162 valence electrons. The molecule has 0 aromatic heterocycles. The lowest BCUT2D eigenvalue weighted by molar-refractivity contribution is 0.217. The molecule has 2 N–H and O–H groups in total. The third kappa shape index (κ3) is 5.53. The van der Waals surface area contributed by atoms with E-state index in [0.717, 1.165) is 36.3 Å². The highest BCUT2D eigenvalue weighted by molar-refractivity contribution is 7.89. The quantitative estimate of drug-likeness (QED) is 0.567. The van der Waals surface area contributed by atoms with Crippen molar-refractivity contribution in [2.24, 2.45) is 5.92 Å². The first-order chi connectivity index (χ1) is 14.5. The third-order valence-corrected chi connectivity index (χ3v) is 7.35. The van der Waals surface area contributed by atoms with Crippen molar-refractivity contribution in [1.82, 2.24) is 10.0 Å². The van der Waals surface area contributed by atoms with Gasteiger partial charge in [-0.05, 0) is 56.0 Å². The van der Waals surface area contributed by atoms with Crippen LogP contribution in [0.2, 0.25) is 0 Å². The van der Waals surface area contributed by atoms with Crippen molar-refractivity contribution in [2.75, 3.05) is 32.6 Å². The summed E-state index contributed by atoms with van der Waals surface area (Å²) in [4.78, 5) is 0. The Kier molecular flexibility index (Phi) is 6.61. The number of sulfonamides is 1. The monoisotopic (exact) mass is 430 g/mol. The summed E-state index contributed by atoms with van der Waals surface area (Å²) in [5.74, 6) is 2.46. The molecule has 30 heavy (non-hydrogen) atoms. The molecule has 0 spiro atoms. The minimum Gasteiger partial charge on any atom is -0.492 e. The molecule has 2 aromatic carbocycles. The fraction of sp³-hybridized carbons (Fsp3) is 0.478. The summed E-state index contributed by atoms with van der Waals surface area (Å²) in [6.45, 7) is 1.20. The zero-order valence-electron chi connectivity index (χ0n) is 17.3. The summed E-state index contributed by atoms with van der Waals surface area (Å²) in [5.41, 5.74) is 2.41. The van der Waals surface area contributed by atoms with Gasteiger partial charge in [-0.15, -0.1) is 0 Å². The van der Waals surface area contributed by atoms with Gasteiger partial charge in [0.2, 0.25) is 10.0 Å². The normalized spacial score (nSPS) is 21.0. The van der Waals surface area contributed by atoms with Crippen molar-refractivity contribution in [3.8, 4) is 11.5 Å². The Bertz CT molecular complexity index is 945. The van der Waals surface area contributed by atoms with Gasteiger partial charge in [-0.25, -0.2) is 13.1 Å². The molecule has 0 bridgehead atoms. The predicted molar refractivity (Wildman–Crippen MR) is 118 cm³/mol. The molecule has 2 atom stereocenters. The Morgan fingerprint density at radius 2 is 1.93 bits per heavy atom. The molecule has 6 nitrogen and oxygen atoms in total. The molecule has 2 unspecified atom stereocenters. The number of ether oxygens (including phenoxy) is 2. The van der Waals surface area contributed by atoms with Crippen molar-refractivity contribution in [1.29, 1.82) is 0 Å². The van der Waals surface area contributed by atoms with Crippen LogP contribution in [0.1, 0.15) is 29.9 Å². The van der Waals surface area contributed by atoms with Crippen LogP contribution in [0.25, 0.3) is 0 Å². The van der Waals surface area contributed by atoms with Crippen molar-refractivity contribution in [3.05, 3.63) is 59.7 Å². The van der Waals surface area contributed by atoms with Crippen molar-refractivity contribution in [2.45, 2.75) is 31.2 Å². The molecule has 1 heterocycles. The van der Waals surface area contributed by atoms with E-state index in [4.69, 9.17) is 9.47 Å². The molecular weight excluding hydrogens is 400 g/mol. The van der Waals surface area contributed by atoms with Gasteiger partial charge >= 0.3 is 0 Å². The minimum absolute atomic E-state index is 0.210. The van der Waals surface area contributed by atoms with Crippen LogP contribution in [0.4, 0.5) is 0 Å². The standard InChI is InChI=1S/C23H30N2O4S/c1-24-22-15-29-23-10-9-19(28-12-11-25-30(26,27)16-18-7-8-18)14-21(23)20(22)13-17-5-3-2-4-6-17/h2-6,9-10,14,18,20,22,24-25H,7-8,11-13,15-16H2,1H3. The summed E-state index contributed by atoms with van der Waals surface area (Å²) in [6.07, 6.45) is 2.95. The van der Waals surface area contributed by atoms with Crippen LogP contribution < -0.4 is 19.5 Å². The second kappa shape index (κ2) is 9.37. The highest BCUT2D eigenvalue weighted by Gasteiger charge is 2.31. The molecule has 1 fully saturated rings. The van der Waals surface area contributed by atoms with Crippen LogP contribution in [0.5, 0.6) is 11.5 Å². The Morgan fingerprint density at radius 3 is 2.67 bits per heavy atom. The van der Waals surface area contributed by atoms with Gasteiger partial charge in [-0.3, -0.25) is 0 Å². The first-order valence-electron chi connectivity index (χ1n) is 10.6. The predicted octanol–water partition coefficient (Wildman–Crippen LogP) is 2.70. The number of hydrogen-bond donors (Lipinski definition) is 2. The van der Waals surface area contributed by atoms with Crippen LogP contribution in [-0.4, -0.2) is 47.0 Å². The summed E-state index contributed by atoms with van der Waals surface area (Å²) in [5, 5.41) is 3.38. The summed E-state index contributed by atoms with van der Waals surface area (Å²) < 4.78 is 38.4. The second-order valence-corrected chi connectivity index (χ2v) is 10.0. The number of nitrogens with one attached hydrogen (secondary N) is 2. The minimum atomic E-state index is -3.20. The van der Waals surface area contributed by atoms with Gasteiger partial charge in [0.1, 0.15) is 24.7 Å². The third-order valence-electron chi connectivity index (χ3n) is 5.80. The van der Waals surface area contributed by atoms with Crippen molar-refractivity contribution >= 4 is 10.0 Å². The summed E-state index contributed by atoms with van der Waals surface area (Å²) >= 11 is 0. The molecule has 0 amide bonds. The van der Waals surface area contributed by atoms with Crippen molar-refractivity contribution in [3.63, 3.8) is 0 Å². The number of hydrogen-bond acceptors (Lipinski definition) is 5. The summed E-state index contributed by atoms with van der Waals surface area (Å²) in [6, 6.07) is 16.5. The van der Waals surface area contributed by atoms with E-state index < -0.39 is 10.0 Å².